The molecule has 28 heavy (non-hydrogen) atoms. The molecule has 2 aliphatic rings. The Morgan fingerprint density at radius 2 is 1.93 bits per heavy atom. The summed E-state index contributed by atoms with van der Waals surface area (Å²) in [4.78, 5) is 12.9. The number of rotatable bonds is 3. The number of phenolic OH excluding ortho intramolecular Hbond substituents is 1. The van der Waals surface area contributed by atoms with Gasteiger partial charge in [0.05, 0.1) is 14.2 Å². The van der Waals surface area contributed by atoms with Crippen LogP contribution in [0.4, 0.5) is 0 Å². The van der Waals surface area contributed by atoms with Crippen LogP contribution < -0.4 is 18.9 Å². The molecule has 6 nitrogen and oxygen atoms in total. The van der Waals surface area contributed by atoms with Gasteiger partial charge in [0.25, 0.3) is 0 Å². The third-order valence-electron chi connectivity index (χ3n) is 5.09. The highest BCUT2D eigenvalue weighted by molar-refractivity contribution is 6.16. The number of carbonyl (C=O) groups is 1. The van der Waals surface area contributed by atoms with Crippen molar-refractivity contribution in [2.45, 2.75) is 32.3 Å². The van der Waals surface area contributed by atoms with Crippen LogP contribution in [0.25, 0.3) is 6.08 Å². The van der Waals surface area contributed by atoms with Crippen LogP contribution >= 0.6 is 0 Å². The standard InChI is InChI=1S/C22H22O6/c1-22(2)8-7-14-16(28-22)11-17-19(20(14)23)21(24)18(27-17)9-12-5-6-13(25-3)10-15(12)26-4/h5-6,9-11,23H,7-8H2,1-4H3/b18-9-. The second-order valence-electron chi connectivity index (χ2n) is 7.48. The molecule has 2 aliphatic heterocycles. The summed E-state index contributed by atoms with van der Waals surface area (Å²) in [7, 11) is 3.11. The number of Topliss-reactive ketones (excluding diaryl/α,β-unsaturated/α-hetero) is 1. The molecule has 1 N–H and O–H groups in total. The number of phenols is 1. The quantitative estimate of drug-likeness (QED) is 0.805. The molecule has 2 aromatic rings. The lowest BCUT2D eigenvalue weighted by Gasteiger charge is -2.33. The van der Waals surface area contributed by atoms with E-state index >= 15 is 0 Å². The Hall–Kier alpha value is -3.15. The first-order valence-corrected chi connectivity index (χ1v) is 9.07. The van der Waals surface area contributed by atoms with Crippen LogP contribution in [-0.4, -0.2) is 30.7 Å². The Morgan fingerprint density at radius 1 is 1.14 bits per heavy atom. The highest BCUT2D eigenvalue weighted by atomic mass is 16.5. The van der Waals surface area contributed by atoms with Crippen LogP contribution in [0, 0.1) is 0 Å². The number of fused-ring (bicyclic) bond motifs is 2. The first kappa shape index (κ1) is 18.2. The van der Waals surface area contributed by atoms with Crippen LogP contribution in [-0.2, 0) is 6.42 Å². The average molecular weight is 382 g/mol. The van der Waals surface area contributed by atoms with Gasteiger partial charge in [-0.2, -0.15) is 0 Å². The van der Waals surface area contributed by atoms with Gasteiger partial charge in [0.15, 0.2) is 5.76 Å². The van der Waals surface area contributed by atoms with Gasteiger partial charge in [-0.15, -0.1) is 0 Å². The molecule has 0 fully saturated rings. The summed E-state index contributed by atoms with van der Waals surface area (Å²) in [6.45, 7) is 3.99. The van der Waals surface area contributed by atoms with Gasteiger partial charge in [-0.3, -0.25) is 4.79 Å². The third-order valence-corrected chi connectivity index (χ3v) is 5.09. The van der Waals surface area contributed by atoms with Gasteiger partial charge in [0, 0.05) is 23.3 Å². The maximum Gasteiger partial charge on any atom is 0.235 e. The Labute approximate surface area is 163 Å². The summed E-state index contributed by atoms with van der Waals surface area (Å²) in [5, 5.41) is 10.7. The minimum atomic E-state index is -0.363. The molecule has 2 aromatic carbocycles. The van der Waals surface area contributed by atoms with Crippen LogP contribution in [0.1, 0.15) is 41.8 Å². The molecule has 0 radical (unpaired) electrons. The number of aromatic hydroxyl groups is 1. The Morgan fingerprint density at radius 3 is 2.64 bits per heavy atom. The van der Waals surface area contributed by atoms with E-state index in [1.807, 2.05) is 13.8 Å². The topological polar surface area (TPSA) is 74.2 Å². The molecule has 146 valence electrons. The lowest BCUT2D eigenvalue weighted by atomic mass is 9.91. The summed E-state index contributed by atoms with van der Waals surface area (Å²) in [5.74, 6) is 1.76. The van der Waals surface area contributed by atoms with Crippen molar-refractivity contribution in [3.05, 3.63) is 46.7 Å². The molecule has 0 spiro atoms. The van der Waals surface area contributed by atoms with E-state index < -0.39 is 0 Å². The number of ether oxygens (including phenoxy) is 4. The minimum Gasteiger partial charge on any atom is -0.507 e. The minimum absolute atomic E-state index is 0.0573. The summed E-state index contributed by atoms with van der Waals surface area (Å²) < 4.78 is 22.3. The van der Waals surface area contributed by atoms with Crippen molar-refractivity contribution in [1.29, 1.82) is 0 Å². The molecule has 0 saturated heterocycles. The fraction of sp³-hybridized carbons (Fsp3) is 0.318. The van der Waals surface area contributed by atoms with Crippen LogP contribution in [0.15, 0.2) is 30.0 Å². The molecule has 4 rings (SSSR count). The molecule has 0 aliphatic carbocycles. The number of hydrogen-bond acceptors (Lipinski definition) is 6. The Balaban J connectivity index is 1.74. The second-order valence-corrected chi connectivity index (χ2v) is 7.48. The fourth-order valence-corrected chi connectivity index (χ4v) is 3.53. The number of carbonyl (C=O) groups excluding carboxylic acids is 1. The average Bonchev–Trinajstić information content (AvgIpc) is 2.96. The molecular formula is C22H22O6. The Bertz CT molecular complexity index is 1000. The van der Waals surface area contributed by atoms with Gasteiger partial charge in [0.1, 0.15) is 39.9 Å². The smallest absolute Gasteiger partial charge is 0.235 e. The van der Waals surface area contributed by atoms with E-state index in [0.717, 1.165) is 6.42 Å². The first-order valence-electron chi connectivity index (χ1n) is 9.07. The molecule has 0 amide bonds. The summed E-state index contributed by atoms with van der Waals surface area (Å²) >= 11 is 0. The van der Waals surface area contributed by atoms with Gasteiger partial charge < -0.3 is 24.1 Å². The fourth-order valence-electron chi connectivity index (χ4n) is 3.53. The SMILES string of the molecule is COc1ccc(/C=C2\Oc3cc4c(c(O)c3C2=O)CCC(C)(C)O4)c(OC)c1. The van der Waals surface area contributed by atoms with E-state index in [9.17, 15) is 9.90 Å². The predicted molar refractivity (Wildman–Crippen MR) is 104 cm³/mol. The van der Waals surface area contributed by atoms with E-state index in [0.29, 0.717) is 40.5 Å². The van der Waals surface area contributed by atoms with E-state index in [4.69, 9.17) is 18.9 Å². The summed E-state index contributed by atoms with van der Waals surface area (Å²) in [5.41, 5.74) is 1.17. The van der Waals surface area contributed by atoms with E-state index in [1.54, 1.807) is 44.6 Å². The zero-order valence-corrected chi connectivity index (χ0v) is 16.3. The number of methoxy groups -OCH3 is 2. The van der Waals surface area contributed by atoms with Crippen molar-refractivity contribution >= 4 is 11.9 Å². The van der Waals surface area contributed by atoms with Gasteiger partial charge in [-0.05, 0) is 44.9 Å². The van der Waals surface area contributed by atoms with Crippen molar-refractivity contribution in [2.75, 3.05) is 14.2 Å². The molecule has 2 heterocycles. The third kappa shape index (κ3) is 2.95. The monoisotopic (exact) mass is 382 g/mol. The number of benzene rings is 2. The van der Waals surface area contributed by atoms with E-state index in [-0.39, 0.29) is 28.5 Å². The van der Waals surface area contributed by atoms with E-state index in [1.165, 1.54) is 0 Å². The van der Waals surface area contributed by atoms with Crippen LogP contribution in [0.2, 0.25) is 0 Å². The van der Waals surface area contributed by atoms with Gasteiger partial charge in [-0.25, -0.2) is 0 Å². The molecule has 0 unspecified atom stereocenters. The molecule has 6 heteroatoms. The molecule has 0 atom stereocenters. The van der Waals surface area contributed by atoms with Crippen molar-refractivity contribution in [1.82, 2.24) is 0 Å². The van der Waals surface area contributed by atoms with Crippen molar-refractivity contribution < 1.29 is 28.8 Å². The number of hydrogen-bond donors (Lipinski definition) is 1. The predicted octanol–water partition coefficient (Wildman–Crippen LogP) is 4.13. The highest BCUT2D eigenvalue weighted by Crippen LogP contribution is 2.48. The molecule has 0 bridgehead atoms. The van der Waals surface area contributed by atoms with Crippen molar-refractivity contribution in [2.24, 2.45) is 0 Å². The molecule has 0 saturated carbocycles. The maximum atomic E-state index is 12.9. The zero-order valence-electron chi connectivity index (χ0n) is 16.3. The zero-order chi connectivity index (χ0) is 20.1. The molecule has 0 aromatic heterocycles. The number of allylic oxidation sites excluding steroid dienone is 1. The maximum absolute atomic E-state index is 12.9. The van der Waals surface area contributed by atoms with Gasteiger partial charge in [0.2, 0.25) is 5.78 Å². The van der Waals surface area contributed by atoms with Gasteiger partial charge in [-0.1, -0.05) is 0 Å². The largest absolute Gasteiger partial charge is 0.507 e. The first-order chi connectivity index (χ1) is 13.3. The summed E-state index contributed by atoms with van der Waals surface area (Å²) in [6, 6.07) is 6.97. The Kier molecular flexibility index (Phi) is 4.22. The van der Waals surface area contributed by atoms with Crippen LogP contribution in [0.3, 0.4) is 0 Å². The lowest BCUT2D eigenvalue weighted by Crippen LogP contribution is -2.32. The van der Waals surface area contributed by atoms with Gasteiger partial charge >= 0.3 is 0 Å². The van der Waals surface area contributed by atoms with Crippen molar-refractivity contribution in [3.63, 3.8) is 0 Å². The van der Waals surface area contributed by atoms with E-state index in [2.05, 4.69) is 0 Å². The highest BCUT2D eigenvalue weighted by Gasteiger charge is 2.37. The number of ketones is 1. The summed E-state index contributed by atoms with van der Waals surface area (Å²) in [6.07, 6.45) is 3.00. The second kappa shape index (κ2) is 6.48. The lowest BCUT2D eigenvalue weighted by molar-refractivity contribution is 0.0834. The van der Waals surface area contributed by atoms with Crippen LogP contribution in [0.5, 0.6) is 28.7 Å². The van der Waals surface area contributed by atoms with Crippen molar-refractivity contribution in [3.8, 4) is 28.7 Å². The normalized spacial score (nSPS) is 18.1. The molecular weight excluding hydrogens is 360 g/mol.